The number of nitrogens with one attached hydrogen (secondary N) is 1. The second-order valence-electron chi connectivity index (χ2n) is 5.27. The highest BCUT2D eigenvalue weighted by Gasteiger charge is 2.22. The summed E-state index contributed by atoms with van der Waals surface area (Å²) in [5.74, 6) is 2.25. The van der Waals surface area contributed by atoms with E-state index in [1.807, 2.05) is 23.7 Å². The van der Waals surface area contributed by atoms with E-state index in [4.69, 9.17) is 9.47 Å². The van der Waals surface area contributed by atoms with Gasteiger partial charge in [-0.1, -0.05) is 6.92 Å². The summed E-state index contributed by atoms with van der Waals surface area (Å²) in [6.07, 6.45) is 2.84. The van der Waals surface area contributed by atoms with Gasteiger partial charge in [0.2, 0.25) is 0 Å². The molecule has 0 bridgehead atoms. The Morgan fingerprint density at radius 2 is 2.43 bits per heavy atom. The van der Waals surface area contributed by atoms with Gasteiger partial charge < -0.3 is 14.8 Å². The molecule has 2 unspecified atom stereocenters. The van der Waals surface area contributed by atoms with Crippen LogP contribution >= 0.6 is 11.3 Å². The number of thiazole rings is 1. The Kier molecular flexibility index (Phi) is 4.41. The van der Waals surface area contributed by atoms with E-state index in [1.54, 1.807) is 18.4 Å². The Hall–Kier alpha value is -1.59. The van der Waals surface area contributed by atoms with Crippen LogP contribution in [0.3, 0.4) is 0 Å². The maximum absolute atomic E-state index is 5.73. The maximum Gasteiger partial charge on any atom is 0.124 e. The summed E-state index contributed by atoms with van der Waals surface area (Å²) in [4.78, 5) is 4.39. The molecule has 5 heteroatoms. The van der Waals surface area contributed by atoms with Crippen LogP contribution in [0.15, 0.2) is 29.8 Å². The first-order valence-electron chi connectivity index (χ1n) is 7.21. The molecule has 2 atom stereocenters. The zero-order valence-corrected chi connectivity index (χ0v) is 13.2. The number of ether oxygens (including phenoxy) is 2. The summed E-state index contributed by atoms with van der Waals surface area (Å²) < 4.78 is 11.0. The first-order valence-corrected chi connectivity index (χ1v) is 8.09. The van der Waals surface area contributed by atoms with Crippen LogP contribution in [-0.2, 0) is 0 Å². The third-order valence-electron chi connectivity index (χ3n) is 3.80. The predicted octanol–water partition coefficient (Wildman–Crippen LogP) is 3.37. The molecule has 0 saturated heterocycles. The lowest BCUT2D eigenvalue weighted by atomic mass is 9.99. The first kappa shape index (κ1) is 14.4. The zero-order chi connectivity index (χ0) is 14.7. The number of fused-ring (bicyclic) bond motifs is 1. The molecule has 0 aliphatic carbocycles. The molecule has 1 aromatic carbocycles. The van der Waals surface area contributed by atoms with Crippen LogP contribution in [0, 0.1) is 0 Å². The van der Waals surface area contributed by atoms with Crippen LogP contribution < -0.4 is 14.8 Å². The van der Waals surface area contributed by atoms with Crippen molar-refractivity contribution in [2.45, 2.75) is 25.3 Å². The van der Waals surface area contributed by atoms with Gasteiger partial charge in [-0.15, -0.1) is 11.3 Å². The molecule has 2 aromatic rings. The molecule has 0 fully saturated rings. The molecule has 2 heterocycles. The van der Waals surface area contributed by atoms with Crippen molar-refractivity contribution in [1.29, 1.82) is 0 Å². The molecule has 1 aliphatic rings. The standard InChI is InChI=1S/C16H20N2O2S/c1-11(16-17-6-8-21-16)10-18-14-5-7-20-15-4-3-12(19-2)9-13(14)15/h3-4,6,8-9,11,14,18H,5,7,10H2,1-2H3. The smallest absolute Gasteiger partial charge is 0.124 e. The second-order valence-corrected chi connectivity index (χ2v) is 6.20. The van der Waals surface area contributed by atoms with Crippen molar-refractivity contribution in [1.82, 2.24) is 10.3 Å². The van der Waals surface area contributed by atoms with Gasteiger partial charge in [0.05, 0.1) is 18.7 Å². The summed E-state index contributed by atoms with van der Waals surface area (Å²) in [6, 6.07) is 6.32. The van der Waals surface area contributed by atoms with Gasteiger partial charge in [0, 0.05) is 42.1 Å². The highest BCUT2D eigenvalue weighted by Crippen LogP contribution is 2.35. The van der Waals surface area contributed by atoms with Crippen LogP contribution in [-0.4, -0.2) is 25.2 Å². The van der Waals surface area contributed by atoms with Gasteiger partial charge in [-0.05, 0) is 18.2 Å². The molecule has 21 heavy (non-hydrogen) atoms. The van der Waals surface area contributed by atoms with E-state index in [0.717, 1.165) is 31.1 Å². The van der Waals surface area contributed by atoms with E-state index in [0.29, 0.717) is 12.0 Å². The number of aromatic nitrogens is 1. The van der Waals surface area contributed by atoms with Gasteiger partial charge in [0.15, 0.2) is 0 Å². The quantitative estimate of drug-likeness (QED) is 0.920. The molecular weight excluding hydrogens is 284 g/mol. The fourth-order valence-electron chi connectivity index (χ4n) is 2.60. The molecule has 0 spiro atoms. The molecule has 0 saturated carbocycles. The van der Waals surface area contributed by atoms with E-state index < -0.39 is 0 Å². The maximum atomic E-state index is 5.73. The monoisotopic (exact) mass is 304 g/mol. The largest absolute Gasteiger partial charge is 0.497 e. The van der Waals surface area contributed by atoms with Gasteiger partial charge in [-0.3, -0.25) is 0 Å². The number of hydrogen-bond acceptors (Lipinski definition) is 5. The third kappa shape index (κ3) is 3.19. The Morgan fingerprint density at radius 1 is 1.52 bits per heavy atom. The predicted molar refractivity (Wildman–Crippen MR) is 84.4 cm³/mol. The summed E-state index contributed by atoms with van der Waals surface area (Å²) in [7, 11) is 1.69. The average molecular weight is 304 g/mol. The van der Waals surface area contributed by atoms with E-state index in [-0.39, 0.29) is 0 Å². The fraction of sp³-hybridized carbons (Fsp3) is 0.438. The van der Waals surface area contributed by atoms with E-state index in [9.17, 15) is 0 Å². The van der Waals surface area contributed by atoms with E-state index in [2.05, 4.69) is 23.3 Å². The molecule has 112 valence electrons. The summed E-state index contributed by atoms with van der Waals surface area (Å²) in [5.41, 5.74) is 1.19. The molecule has 1 aliphatic heterocycles. The van der Waals surface area contributed by atoms with Crippen molar-refractivity contribution in [2.24, 2.45) is 0 Å². The molecule has 0 radical (unpaired) electrons. The van der Waals surface area contributed by atoms with Crippen LogP contribution in [0.1, 0.15) is 35.9 Å². The van der Waals surface area contributed by atoms with Crippen LogP contribution in [0.4, 0.5) is 0 Å². The average Bonchev–Trinajstić information content (AvgIpc) is 3.06. The van der Waals surface area contributed by atoms with Crippen molar-refractivity contribution in [3.63, 3.8) is 0 Å². The Bertz CT molecular complexity index is 586. The van der Waals surface area contributed by atoms with Gasteiger partial charge in [-0.25, -0.2) is 4.98 Å². The molecule has 3 rings (SSSR count). The molecule has 0 amide bonds. The third-order valence-corrected chi connectivity index (χ3v) is 4.81. The molecule has 1 N–H and O–H groups in total. The number of methoxy groups -OCH3 is 1. The summed E-state index contributed by atoms with van der Waals surface area (Å²) >= 11 is 1.71. The van der Waals surface area contributed by atoms with Crippen molar-refractivity contribution >= 4 is 11.3 Å². The molecule has 1 aromatic heterocycles. The molecular formula is C16H20N2O2S. The lowest BCUT2D eigenvalue weighted by Gasteiger charge is -2.28. The number of nitrogens with zero attached hydrogens (tertiary/aromatic N) is 1. The van der Waals surface area contributed by atoms with Crippen LogP contribution in [0.5, 0.6) is 11.5 Å². The van der Waals surface area contributed by atoms with Crippen LogP contribution in [0.25, 0.3) is 0 Å². The highest BCUT2D eigenvalue weighted by molar-refractivity contribution is 7.09. The topological polar surface area (TPSA) is 43.4 Å². The normalized spacial score (nSPS) is 18.7. The number of rotatable bonds is 5. The van der Waals surface area contributed by atoms with Crippen LogP contribution in [0.2, 0.25) is 0 Å². The van der Waals surface area contributed by atoms with Gasteiger partial charge >= 0.3 is 0 Å². The lowest BCUT2D eigenvalue weighted by Crippen LogP contribution is -2.29. The lowest BCUT2D eigenvalue weighted by molar-refractivity contribution is 0.250. The minimum Gasteiger partial charge on any atom is -0.497 e. The minimum absolute atomic E-state index is 0.311. The first-order chi connectivity index (χ1) is 10.3. The zero-order valence-electron chi connectivity index (χ0n) is 12.3. The van der Waals surface area contributed by atoms with Crippen molar-refractivity contribution in [2.75, 3.05) is 20.3 Å². The molecule has 4 nitrogen and oxygen atoms in total. The van der Waals surface area contributed by atoms with Gasteiger partial charge in [0.1, 0.15) is 11.5 Å². The Morgan fingerprint density at radius 3 is 3.19 bits per heavy atom. The summed E-state index contributed by atoms with van der Waals surface area (Å²) in [6.45, 7) is 3.87. The Labute approximate surface area is 129 Å². The Balaban J connectivity index is 1.70. The SMILES string of the molecule is COc1ccc2c(c1)C(NCC(C)c1nccs1)CCO2. The van der Waals surface area contributed by atoms with E-state index in [1.165, 1.54) is 10.6 Å². The van der Waals surface area contributed by atoms with Gasteiger partial charge in [-0.2, -0.15) is 0 Å². The van der Waals surface area contributed by atoms with Crippen molar-refractivity contribution in [3.05, 3.63) is 40.3 Å². The second kappa shape index (κ2) is 6.45. The number of benzene rings is 1. The minimum atomic E-state index is 0.311. The van der Waals surface area contributed by atoms with Gasteiger partial charge in [0.25, 0.3) is 0 Å². The number of hydrogen-bond donors (Lipinski definition) is 1. The highest BCUT2D eigenvalue weighted by atomic mass is 32.1. The van der Waals surface area contributed by atoms with E-state index >= 15 is 0 Å². The van der Waals surface area contributed by atoms with Crippen molar-refractivity contribution in [3.8, 4) is 11.5 Å². The van der Waals surface area contributed by atoms with Crippen molar-refractivity contribution < 1.29 is 9.47 Å². The summed E-state index contributed by atoms with van der Waals surface area (Å²) in [5, 5.41) is 6.86. The fourth-order valence-corrected chi connectivity index (χ4v) is 3.29.